The summed E-state index contributed by atoms with van der Waals surface area (Å²) in [6.07, 6.45) is -0.258. The van der Waals surface area contributed by atoms with Crippen LogP contribution in [0.25, 0.3) is 0 Å². The number of nitrogens with one attached hydrogen (secondary N) is 1. The second-order valence-electron chi connectivity index (χ2n) is 7.03. The standard InChI is InChI=1S/C22H26N4O2S/c1-14-9-6-7-12-18(14)28-17(4)21-24-25-22(26(21)5)29-13-19(27)23-20-15(2)10-8-11-16(20)3/h6-12,17H,13H2,1-5H3,(H,23,27). The lowest BCUT2D eigenvalue weighted by Gasteiger charge is -2.15. The molecular formula is C22H26N4O2S. The molecule has 29 heavy (non-hydrogen) atoms. The molecule has 1 atom stereocenters. The van der Waals surface area contributed by atoms with Crippen LogP contribution in [-0.4, -0.2) is 26.4 Å². The summed E-state index contributed by atoms with van der Waals surface area (Å²) in [7, 11) is 1.89. The lowest BCUT2D eigenvalue weighted by Crippen LogP contribution is -2.16. The van der Waals surface area contributed by atoms with Gasteiger partial charge < -0.3 is 14.6 Å². The molecule has 0 fully saturated rings. The van der Waals surface area contributed by atoms with Crippen LogP contribution >= 0.6 is 11.8 Å². The predicted molar refractivity (Wildman–Crippen MR) is 116 cm³/mol. The van der Waals surface area contributed by atoms with Crippen LogP contribution in [0.5, 0.6) is 5.75 Å². The number of carbonyl (C=O) groups is 1. The fourth-order valence-corrected chi connectivity index (χ4v) is 3.77. The minimum Gasteiger partial charge on any atom is -0.482 e. The lowest BCUT2D eigenvalue weighted by atomic mass is 10.1. The van der Waals surface area contributed by atoms with Crippen molar-refractivity contribution in [1.82, 2.24) is 14.8 Å². The zero-order valence-corrected chi connectivity index (χ0v) is 18.2. The van der Waals surface area contributed by atoms with Crippen LogP contribution < -0.4 is 10.1 Å². The largest absolute Gasteiger partial charge is 0.482 e. The molecule has 1 amide bonds. The molecule has 7 heteroatoms. The highest BCUT2D eigenvalue weighted by Crippen LogP contribution is 2.26. The number of rotatable bonds is 7. The van der Waals surface area contributed by atoms with E-state index in [1.165, 1.54) is 11.8 Å². The van der Waals surface area contributed by atoms with Gasteiger partial charge in [-0.2, -0.15) is 0 Å². The molecule has 0 aliphatic carbocycles. The van der Waals surface area contributed by atoms with Crippen molar-refractivity contribution in [2.24, 2.45) is 7.05 Å². The Bertz CT molecular complexity index is 996. The number of aromatic nitrogens is 3. The second kappa shape index (κ2) is 9.13. The lowest BCUT2D eigenvalue weighted by molar-refractivity contribution is -0.113. The number of ether oxygens (including phenoxy) is 1. The first-order valence-electron chi connectivity index (χ1n) is 9.47. The van der Waals surface area contributed by atoms with E-state index >= 15 is 0 Å². The maximum absolute atomic E-state index is 12.4. The molecule has 2 aromatic carbocycles. The third-order valence-corrected chi connectivity index (χ3v) is 5.73. The Balaban J connectivity index is 1.62. The van der Waals surface area contributed by atoms with E-state index < -0.39 is 0 Å². The molecule has 3 aromatic rings. The normalized spacial score (nSPS) is 11.9. The second-order valence-corrected chi connectivity index (χ2v) is 7.97. The molecule has 0 saturated heterocycles. The van der Waals surface area contributed by atoms with Crippen LogP contribution in [-0.2, 0) is 11.8 Å². The number of para-hydroxylation sites is 2. The van der Waals surface area contributed by atoms with Crippen molar-refractivity contribution < 1.29 is 9.53 Å². The molecule has 1 N–H and O–H groups in total. The van der Waals surface area contributed by atoms with Gasteiger partial charge >= 0.3 is 0 Å². The Morgan fingerprint density at radius 1 is 1.07 bits per heavy atom. The van der Waals surface area contributed by atoms with Crippen LogP contribution in [0, 0.1) is 20.8 Å². The molecular weight excluding hydrogens is 384 g/mol. The van der Waals surface area contributed by atoms with Crippen molar-refractivity contribution in [1.29, 1.82) is 0 Å². The van der Waals surface area contributed by atoms with E-state index in [4.69, 9.17) is 4.74 Å². The van der Waals surface area contributed by atoms with E-state index in [9.17, 15) is 4.79 Å². The molecule has 0 radical (unpaired) electrons. The van der Waals surface area contributed by atoms with Gasteiger partial charge in [0.25, 0.3) is 0 Å². The molecule has 6 nitrogen and oxygen atoms in total. The Morgan fingerprint density at radius 3 is 2.41 bits per heavy atom. The van der Waals surface area contributed by atoms with Gasteiger partial charge in [0.2, 0.25) is 5.91 Å². The van der Waals surface area contributed by atoms with Gasteiger partial charge in [0.05, 0.1) is 5.75 Å². The number of carbonyl (C=O) groups excluding carboxylic acids is 1. The molecule has 0 aliphatic heterocycles. The van der Waals surface area contributed by atoms with Gasteiger partial charge in [-0.1, -0.05) is 48.2 Å². The van der Waals surface area contributed by atoms with Crippen LogP contribution in [0.1, 0.15) is 35.5 Å². The first-order valence-corrected chi connectivity index (χ1v) is 10.5. The predicted octanol–water partition coefficient (Wildman–Crippen LogP) is 4.61. The summed E-state index contributed by atoms with van der Waals surface area (Å²) in [4.78, 5) is 12.4. The van der Waals surface area contributed by atoms with Gasteiger partial charge in [-0.3, -0.25) is 4.79 Å². The SMILES string of the molecule is Cc1ccccc1OC(C)c1nnc(SCC(=O)Nc2c(C)cccc2C)n1C. The van der Waals surface area contributed by atoms with Crippen molar-refractivity contribution in [3.63, 3.8) is 0 Å². The first kappa shape index (κ1) is 20.9. The van der Waals surface area contributed by atoms with Crippen molar-refractivity contribution in [2.45, 2.75) is 39.0 Å². The van der Waals surface area contributed by atoms with Crippen LogP contribution in [0.15, 0.2) is 47.6 Å². The highest BCUT2D eigenvalue weighted by atomic mass is 32.2. The first-order chi connectivity index (χ1) is 13.9. The molecule has 0 saturated carbocycles. The molecule has 3 rings (SSSR count). The Hall–Kier alpha value is -2.80. The highest BCUT2D eigenvalue weighted by molar-refractivity contribution is 7.99. The summed E-state index contributed by atoms with van der Waals surface area (Å²) in [6, 6.07) is 13.8. The van der Waals surface area contributed by atoms with Crippen LogP contribution in [0.2, 0.25) is 0 Å². The summed E-state index contributed by atoms with van der Waals surface area (Å²) < 4.78 is 7.92. The van der Waals surface area contributed by atoms with Gasteiger partial charge in [-0.25, -0.2) is 0 Å². The van der Waals surface area contributed by atoms with Crippen molar-refractivity contribution in [3.05, 3.63) is 65.0 Å². The van der Waals surface area contributed by atoms with Crippen molar-refractivity contribution in [2.75, 3.05) is 11.1 Å². The Labute approximate surface area is 175 Å². The average molecular weight is 411 g/mol. The van der Waals surface area contributed by atoms with Gasteiger partial charge in [0.1, 0.15) is 5.75 Å². The smallest absolute Gasteiger partial charge is 0.234 e. The van der Waals surface area contributed by atoms with Crippen LogP contribution in [0.4, 0.5) is 5.69 Å². The molecule has 0 aliphatic rings. The summed E-state index contributed by atoms with van der Waals surface area (Å²) in [5.74, 6) is 1.73. The minimum absolute atomic E-state index is 0.0684. The van der Waals surface area contributed by atoms with Gasteiger partial charge in [0.15, 0.2) is 17.1 Å². The van der Waals surface area contributed by atoms with Gasteiger partial charge in [-0.15, -0.1) is 10.2 Å². The third-order valence-electron chi connectivity index (χ3n) is 4.71. The van der Waals surface area contributed by atoms with Gasteiger partial charge in [-0.05, 0) is 50.5 Å². The Kier molecular flexibility index (Phi) is 6.59. The van der Waals surface area contributed by atoms with Crippen molar-refractivity contribution in [3.8, 4) is 5.75 Å². The zero-order chi connectivity index (χ0) is 21.0. The number of amides is 1. The highest BCUT2D eigenvalue weighted by Gasteiger charge is 2.19. The van der Waals surface area contributed by atoms with E-state index in [1.54, 1.807) is 0 Å². The molecule has 1 heterocycles. The minimum atomic E-state index is -0.258. The fourth-order valence-electron chi connectivity index (χ4n) is 3.05. The average Bonchev–Trinajstić information content (AvgIpc) is 3.05. The molecule has 1 aromatic heterocycles. The maximum atomic E-state index is 12.4. The third kappa shape index (κ3) is 4.98. The summed E-state index contributed by atoms with van der Waals surface area (Å²) in [5.41, 5.74) is 4.04. The van der Waals surface area contributed by atoms with Gasteiger partial charge in [0, 0.05) is 12.7 Å². The topological polar surface area (TPSA) is 69.0 Å². The van der Waals surface area contributed by atoms with E-state index in [2.05, 4.69) is 15.5 Å². The molecule has 1 unspecified atom stereocenters. The van der Waals surface area contributed by atoms with E-state index in [1.807, 2.05) is 81.8 Å². The number of aryl methyl sites for hydroxylation is 3. The number of anilines is 1. The molecule has 152 valence electrons. The zero-order valence-electron chi connectivity index (χ0n) is 17.4. The van der Waals surface area contributed by atoms with E-state index in [0.717, 1.165) is 28.1 Å². The number of thioether (sulfide) groups is 1. The Morgan fingerprint density at radius 2 is 1.72 bits per heavy atom. The monoisotopic (exact) mass is 410 g/mol. The van der Waals surface area contributed by atoms with Crippen molar-refractivity contribution >= 4 is 23.4 Å². The number of benzene rings is 2. The quantitative estimate of drug-likeness (QED) is 0.576. The van der Waals surface area contributed by atoms with E-state index in [0.29, 0.717) is 11.0 Å². The molecule has 0 spiro atoms. The number of nitrogens with zero attached hydrogens (tertiary/aromatic N) is 3. The van der Waals surface area contributed by atoms with E-state index in [-0.39, 0.29) is 17.8 Å². The summed E-state index contributed by atoms with van der Waals surface area (Å²) in [5, 5.41) is 12.2. The maximum Gasteiger partial charge on any atom is 0.234 e. The summed E-state index contributed by atoms with van der Waals surface area (Å²) >= 11 is 1.36. The fraction of sp³-hybridized carbons (Fsp3) is 0.318. The summed E-state index contributed by atoms with van der Waals surface area (Å²) in [6.45, 7) is 7.93. The van der Waals surface area contributed by atoms with Crippen LogP contribution in [0.3, 0.4) is 0 Å². The number of hydrogen-bond donors (Lipinski definition) is 1. The molecule has 0 bridgehead atoms. The number of hydrogen-bond acceptors (Lipinski definition) is 5.